The normalized spacial score (nSPS) is 10.7. The second kappa shape index (κ2) is 3.29. The van der Waals surface area contributed by atoms with Gasteiger partial charge in [0.15, 0.2) is 5.43 Å². The molecule has 0 aliphatic carbocycles. The zero-order valence-electron chi connectivity index (χ0n) is 8.33. The third kappa shape index (κ3) is 1.33. The van der Waals surface area contributed by atoms with Crippen LogP contribution in [-0.2, 0) is 6.42 Å². The largest absolute Gasteiger partial charge is 0.461 e. The second-order valence-corrected chi connectivity index (χ2v) is 3.37. The Hall–Kier alpha value is -1.57. The van der Waals surface area contributed by atoms with E-state index in [9.17, 15) is 4.79 Å². The Labute approximate surface area is 82.2 Å². The van der Waals surface area contributed by atoms with Crippen LogP contribution in [0.15, 0.2) is 33.5 Å². The van der Waals surface area contributed by atoms with Gasteiger partial charge in [0.2, 0.25) is 0 Å². The van der Waals surface area contributed by atoms with Crippen LogP contribution in [0.3, 0.4) is 0 Å². The van der Waals surface area contributed by atoms with Crippen LogP contribution < -0.4 is 5.43 Å². The molecule has 0 unspecified atom stereocenters. The Kier molecular flexibility index (Phi) is 2.12. The Morgan fingerprint density at radius 3 is 2.86 bits per heavy atom. The Balaban J connectivity index is 2.94. The van der Waals surface area contributed by atoms with Gasteiger partial charge in [-0.3, -0.25) is 4.79 Å². The van der Waals surface area contributed by atoms with Crippen LogP contribution in [0.1, 0.15) is 18.2 Å². The summed E-state index contributed by atoms with van der Waals surface area (Å²) in [5.41, 5.74) is 1.80. The predicted octanol–water partition coefficient (Wildman–Crippen LogP) is 2.66. The van der Waals surface area contributed by atoms with Crippen molar-refractivity contribution >= 4 is 11.0 Å². The number of aryl methyl sites for hydroxylation is 2. The van der Waals surface area contributed by atoms with Crippen molar-refractivity contribution in [2.45, 2.75) is 20.3 Å². The lowest BCUT2D eigenvalue weighted by Gasteiger charge is -2.02. The molecule has 14 heavy (non-hydrogen) atoms. The minimum atomic E-state index is 0.0567. The van der Waals surface area contributed by atoms with Crippen LogP contribution in [0, 0.1) is 6.92 Å². The smallest absolute Gasteiger partial charge is 0.193 e. The van der Waals surface area contributed by atoms with Crippen molar-refractivity contribution in [3.05, 3.63) is 45.8 Å². The number of fused-ring (bicyclic) bond motifs is 1. The molecule has 0 fully saturated rings. The molecule has 1 aromatic heterocycles. The first-order chi connectivity index (χ1) is 6.72. The van der Waals surface area contributed by atoms with Crippen molar-refractivity contribution < 1.29 is 4.42 Å². The third-order valence-corrected chi connectivity index (χ3v) is 2.35. The fraction of sp³-hybridized carbons (Fsp3) is 0.250. The van der Waals surface area contributed by atoms with Crippen LogP contribution in [-0.4, -0.2) is 0 Å². The SMILES string of the molecule is CCc1cccc2oc(C)cc(=O)c12. The maximum absolute atomic E-state index is 11.7. The number of hydrogen-bond donors (Lipinski definition) is 0. The molecule has 0 aliphatic heterocycles. The van der Waals surface area contributed by atoms with Crippen molar-refractivity contribution in [2.24, 2.45) is 0 Å². The van der Waals surface area contributed by atoms with Gasteiger partial charge >= 0.3 is 0 Å². The van der Waals surface area contributed by atoms with Gasteiger partial charge in [-0.05, 0) is 25.0 Å². The van der Waals surface area contributed by atoms with Crippen molar-refractivity contribution in [3.63, 3.8) is 0 Å². The van der Waals surface area contributed by atoms with Crippen LogP contribution in [0.25, 0.3) is 11.0 Å². The van der Waals surface area contributed by atoms with Crippen LogP contribution in [0.5, 0.6) is 0 Å². The maximum Gasteiger partial charge on any atom is 0.193 e. The monoisotopic (exact) mass is 188 g/mol. The van der Waals surface area contributed by atoms with E-state index in [1.807, 2.05) is 25.1 Å². The molecule has 0 amide bonds. The minimum Gasteiger partial charge on any atom is -0.461 e. The zero-order chi connectivity index (χ0) is 10.1. The molecule has 2 aromatic rings. The summed E-state index contributed by atoms with van der Waals surface area (Å²) in [6.45, 7) is 3.83. The highest BCUT2D eigenvalue weighted by atomic mass is 16.3. The van der Waals surface area contributed by atoms with Gasteiger partial charge < -0.3 is 4.42 Å². The summed E-state index contributed by atoms with van der Waals surface area (Å²) in [6.07, 6.45) is 0.852. The van der Waals surface area contributed by atoms with Gasteiger partial charge in [-0.25, -0.2) is 0 Å². The van der Waals surface area contributed by atoms with Gasteiger partial charge in [0, 0.05) is 6.07 Å². The molecule has 1 heterocycles. The molecular weight excluding hydrogens is 176 g/mol. The predicted molar refractivity (Wildman–Crippen MR) is 56.6 cm³/mol. The fourth-order valence-corrected chi connectivity index (χ4v) is 1.70. The topological polar surface area (TPSA) is 30.2 Å². The molecule has 2 nitrogen and oxygen atoms in total. The third-order valence-electron chi connectivity index (χ3n) is 2.35. The Morgan fingerprint density at radius 2 is 2.14 bits per heavy atom. The molecule has 0 spiro atoms. The van der Waals surface area contributed by atoms with Gasteiger partial charge in [-0.15, -0.1) is 0 Å². The van der Waals surface area contributed by atoms with E-state index in [1.54, 1.807) is 13.0 Å². The highest BCUT2D eigenvalue weighted by Gasteiger charge is 2.05. The first kappa shape index (κ1) is 9.00. The summed E-state index contributed by atoms with van der Waals surface area (Å²) in [5.74, 6) is 0.663. The molecule has 2 rings (SSSR count). The Morgan fingerprint density at radius 1 is 1.36 bits per heavy atom. The van der Waals surface area contributed by atoms with Gasteiger partial charge in [-0.1, -0.05) is 19.1 Å². The average Bonchev–Trinajstić information content (AvgIpc) is 2.16. The summed E-state index contributed by atoms with van der Waals surface area (Å²) in [5, 5.41) is 0.723. The standard InChI is InChI=1S/C12H12O2/c1-3-9-5-4-6-11-12(9)10(13)7-8(2)14-11/h4-7H,3H2,1-2H3. The van der Waals surface area contributed by atoms with Crippen LogP contribution in [0.2, 0.25) is 0 Å². The van der Waals surface area contributed by atoms with Gasteiger partial charge in [0.1, 0.15) is 11.3 Å². The molecule has 72 valence electrons. The number of rotatable bonds is 1. The molecule has 2 heteroatoms. The molecule has 1 aromatic carbocycles. The van der Waals surface area contributed by atoms with Crippen molar-refractivity contribution in [1.82, 2.24) is 0 Å². The lowest BCUT2D eigenvalue weighted by Crippen LogP contribution is -2.03. The van der Waals surface area contributed by atoms with E-state index in [0.29, 0.717) is 11.3 Å². The molecular formula is C12H12O2. The van der Waals surface area contributed by atoms with E-state index >= 15 is 0 Å². The highest BCUT2D eigenvalue weighted by molar-refractivity contribution is 5.80. The molecule has 0 radical (unpaired) electrons. The van der Waals surface area contributed by atoms with E-state index in [-0.39, 0.29) is 5.43 Å². The van der Waals surface area contributed by atoms with E-state index in [0.717, 1.165) is 17.4 Å². The highest BCUT2D eigenvalue weighted by Crippen LogP contribution is 2.16. The van der Waals surface area contributed by atoms with Crippen molar-refractivity contribution in [1.29, 1.82) is 0 Å². The van der Waals surface area contributed by atoms with Crippen molar-refractivity contribution in [3.8, 4) is 0 Å². The van der Waals surface area contributed by atoms with Gasteiger partial charge in [0.05, 0.1) is 5.39 Å². The summed E-state index contributed by atoms with van der Waals surface area (Å²) < 4.78 is 5.48. The lowest BCUT2D eigenvalue weighted by molar-refractivity contribution is 0.564. The zero-order valence-corrected chi connectivity index (χ0v) is 8.33. The molecule has 0 N–H and O–H groups in total. The van der Waals surface area contributed by atoms with E-state index in [2.05, 4.69) is 0 Å². The summed E-state index contributed by atoms with van der Waals surface area (Å²) >= 11 is 0. The first-order valence-electron chi connectivity index (χ1n) is 4.74. The van der Waals surface area contributed by atoms with Gasteiger partial charge in [-0.2, -0.15) is 0 Å². The second-order valence-electron chi connectivity index (χ2n) is 3.37. The minimum absolute atomic E-state index is 0.0567. The first-order valence-corrected chi connectivity index (χ1v) is 4.74. The molecule has 0 aliphatic rings. The quantitative estimate of drug-likeness (QED) is 0.688. The summed E-state index contributed by atoms with van der Waals surface area (Å²) in [6, 6.07) is 7.27. The molecule has 0 saturated carbocycles. The van der Waals surface area contributed by atoms with Crippen molar-refractivity contribution in [2.75, 3.05) is 0 Å². The van der Waals surface area contributed by atoms with E-state index in [1.165, 1.54) is 0 Å². The van der Waals surface area contributed by atoms with Crippen LogP contribution >= 0.6 is 0 Å². The molecule has 0 atom stereocenters. The van der Waals surface area contributed by atoms with Gasteiger partial charge in [0.25, 0.3) is 0 Å². The van der Waals surface area contributed by atoms with E-state index in [4.69, 9.17) is 4.42 Å². The average molecular weight is 188 g/mol. The number of hydrogen-bond acceptors (Lipinski definition) is 2. The van der Waals surface area contributed by atoms with E-state index < -0.39 is 0 Å². The fourth-order valence-electron chi connectivity index (χ4n) is 1.70. The molecule has 0 bridgehead atoms. The lowest BCUT2D eigenvalue weighted by atomic mass is 10.1. The molecule has 0 saturated heterocycles. The maximum atomic E-state index is 11.7. The Bertz CT molecular complexity index is 523. The summed E-state index contributed by atoms with van der Waals surface area (Å²) in [4.78, 5) is 11.7. The van der Waals surface area contributed by atoms with Crippen LogP contribution in [0.4, 0.5) is 0 Å². The number of benzene rings is 1. The summed E-state index contributed by atoms with van der Waals surface area (Å²) in [7, 11) is 0.